The number of sulfonamides is 1. The third-order valence-electron chi connectivity index (χ3n) is 2.32. The number of nitriles is 1. The van der Waals surface area contributed by atoms with Gasteiger partial charge in [0.1, 0.15) is 0 Å². The number of nitrogens with zero attached hydrogens (tertiary/aromatic N) is 1. The quantitative estimate of drug-likeness (QED) is 0.808. The highest BCUT2D eigenvalue weighted by Crippen LogP contribution is 2.14. The molecule has 0 bridgehead atoms. The van der Waals surface area contributed by atoms with Gasteiger partial charge >= 0.3 is 0 Å². The standard InChI is InChI=1S/C11H14N2O2S/c1-9-4-5-11(8-10(9)2)16(14,15)13-7-3-6-12/h4-5,8,13H,3,7H2,1-2H3. The fourth-order valence-corrected chi connectivity index (χ4v) is 2.32. The summed E-state index contributed by atoms with van der Waals surface area (Å²) in [5, 5.41) is 8.33. The lowest BCUT2D eigenvalue weighted by atomic mass is 10.1. The van der Waals surface area contributed by atoms with Crippen LogP contribution in [0.4, 0.5) is 0 Å². The first-order valence-corrected chi connectivity index (χ1v) is 6.39. The zero-order valence-corrected chi connectivity index (χ0v) is 10.1. The summed E-state index contributed by atoms with van der Waals surface area (Å²) < 4.78 is 25.9. The molecule has 0 spiro atoms. The van der Waals surface area contributed by atoms with Crippen molar-refractivity contribution in [3.63, 3.8) is 0 Å². The summed E-state index contributed by atoms with van der Waals surface area (Å²) in [4.78, 5) is 0.244. The van der Waals surface area contributed by atoms with Gasteiger partial charge in [-0.05, 0) is 37.1 Å². The maximum atomic E-state index is 11.7. The van der Waals surface area contributed by atoms with Crippen LogP contribution in [-0.4, -0.2) is 15.0 Å². The second kappa shape index (κ2) is 5.10. The van der Waals surface area contributed by atoms with Gasteiger partial charge in [0.25, 0.3) is 0 Å². The predicted octanol–water partition coefficient (Wildman–Crippen LogP) is 1.50. The molecule has 1 N–H and O–H groups in total. The Morgan fingerprint density at radius 2 is 2.00 bits per heavy atom. The first-order chi connectivity index (χ1) is 7.47. The molecule has 0 aromatic heterocycles. The van der Waals surface area contributed by atoms with Gasteiger partial charge in [-0.3, -0.25) is 0 Å². The van der Waals surface area contributed by atoms with Crippen LogP contribution < -0.4 is 4.72 Å². The van der Waals surface area contributed by atoms with Crippen LogP contribution in [0.25, 0.3) is 0 Å². The third kappa shape index (κ3) is 3.05. The average Bonchev–Trinajstić information content (AvgIpc) is 2.22. The summed E-state index contributed by atoms with van der Waals surface area (Å²) in [5.41, 5.74) is 1.99. The lowest BCUT2D eigenvalue weighted by Gasteiger charge is -2.07. The van der Waals surface area contributed by atoms with Crippen LogP contribution in [0.1, 0.15) is 17.5 Å². The SMILES string of the molecule is Cc1ccc(S(=O)(=O)NCCC#N)cc1C. The van der Waals surface area contributed by atoms with Crippen LogP contribution in [0, 0.1) is 25.2 Å². The van der Waals surface area contributed by atoms with Gasteiger partial charge < -0.3 is 0 Å². The van der Waals surface area contributed by atoms with Gasteiger partial charge in [-0.25, -0.2) is 13.1 Å². The number of benzene rings is 1. The molecule has 0 unspecified atom stereocenters. The number of aryl methyl sites for hydroxylation is 2. The molecule has 5 heteroatoms. The molecule has 0 aliphatic carbocycles. The Hall–Kier alpha value is -1.38. The molecule has 0 saturated heterocycles. The Balaban J connectivity index is 2.91. The molecule has 0 atom stereocenters. The van der Waals surface area contributed by atoms with Crippen molar-refractivity contribution >= 4 is 10.0 Å². The van der Waals surface area contributed by atoms with Crippen LogP contribution in [-0.2, 0) is 10.0 Å². The number of nitrogens with one attached hydrogen (secondary N) is 1. The molecule has 86 valence electrons. The molecule has 0 saturated carbocycles. The number of hydrogen-bond donors (Lipinski definition) is 1. The Morgan fingerprint density at radius 1 is 1.31 bits per heavy atom. The highest BCUT2D eigenvalue weighted by Gasteiger charge is 2.13. The minimum absolute atomic E-state index is 0.145. The number of hydrogen-bond acceptors (Lipinski definition) is 3. The fraction of sp³-hybridized carbons (Fsp3) is 0.364. The van der Waals surface area contributed by atoms with E-state index in [1.807, 2.05) is 19.9 Å². The summed E-state index contributed by atoms with van der Waals surface area (Å²) in [6.07, 6.45) is 0.171. The zero-order valence-electron chi connectivity index (χ0n) is 9.32. The maximum absolute atomic E-state index is 11.7. The normalized spacial score (nSPS) is 11.1. The Morgan fingerprint density at radius 3 is 2.56 bits per heavy atom. The average molecular weight is 238 g/mol. The molecule has 0 aliphatic rings. The zero-order chi connectivity index (χ0) is 12.2. The lowest BCUT2D eigenvalue weighted by Crippen LogP contribution is -2.24. The topological polar surface area (TPSA) is 70.0 Å². The molecule has 4 nitrogen and oxygen atoms in total. The summed E-state index contributed by atoms with van der Waals surface area (Å²) in [5.74, 6) is 0. The second-order valence-electron chi connectivity index (χ2n) is 3.55. The minimum Gasteiger partial charge on any atom is -0.210 e. The molecule has 0 aliphatic heterocycles. The Labute approximate surface area is 96.0 Å². The van der Waals surface area contributed by atoms with E-state index in [2.05, 4.69) is 4.72 Å². The molecule has 1 rings (SSSR count). The van der Waals surface area contributed by atoms with Gasteiger partial charge in [-0.1, -0.05) is 6.07 Å². The summed E-state index contributed by atoms with van der Waals surface area (Å²) in [7, 11) is -3.47. The summed E-state index contributed by atoms with van der Waals surface area (Å²) in [6, 6.07) is 6.85. The van der Waals surface area contributed by atoms with E-state index in [1.54, 1.807) is 18.2 Å². The number of rotatable bonds is 4. The molecule has 0 fully saturated rings. The second-order valence-corrected chi connectivity index (χ2v) is 5.32. The van der Waals surface area contributed by atoms with Crippen LogP contribution in [0.3, 0.4) is 0 Å². The van der Waals surface area contributed by atoms with Gasteiger partial charge in [-0.2, -0.15) is 5.26 Å². The molecular weight excluding hydrogens is 224 g/mol. The summed E-state index contributed by atoms with van der Waals surface area (Å²) >= 11 is 0. The molecule has 16 heavy (non-hydrogen) atoms. The molecular formula is C11H14N2O2S. The van der Waals surface area contributed by atoms with Gasteiger partial charge in [0.05, 0.1) is 11.0 Å². The first-order valence-electron chi connectivity index (χ1n) is 4.91. The van der Waals surface area contributed by atoms with Crippen molar-refractivity contribution in [3.05, 3.63) is 29.3 Å². The van der Waals surface area contributed by atoms with Gasteiger partial charge in [-0.15, -0.1) is 0 Å². The molecule has 0 amide bonds. The third-order valence-corrected chi connectivity index (χ3v) is 3.78. The lowest BCUT2D eigenvalue weighted by molar-refractivity contribution is 0.582. The Bertz CT molecular complexity index is 515. The van der Waals surface area contributed by atoms with Crippen molar-refractivity contribution in [3.8, 4) is 6.07 Å². The van der Waals surface area contributed by atoms with E-state index in [0.717, 1.165) is 11.1 Å². The monoisotopic (exact) mass is 238 g/mol. The highest BCUT2D eigenvalue weighted by atomic mass is 32.2. The van der Waals surface area contributed by atoms with Crippen LogP contribution >= 0.6 is 0 Å². The van der Waals surface area contributed by atoms with Crippen molar-refractivity contribution in [1.82, 2.24) is 4.72 Å². The molecule has 1 aromatic carbocycles. The van der Waals surface area contributed by atoms with Gasteiger partial charge in [0.2, 0.25) is 10.0 Å². The van der Waals surface area contributed by atoms with Crippen molar-refractivity contribution in [1.29, 1.82) is 5.26 Å². The largest absolute Gasteiger partial charge is 0.240 e. The van der Waals surface area contributed by atoms with Crippen molar-refractivity contribution in [2.24, 2.45) is 0 Å². The van der Waals surface area contributed by atoms with Crippen LogP contribution in [0.5, 0.6) is 0 Å². The van der Waals surface area contributed by atoms with E-state index in [-0.39, 0.29) is 17.9 Å². The maximum Gasteiger partial charge on any atom is 0.240 e. The van der Waals surface area contributed by atoms with E-state index >= 15 is 0 Å². The van der Waals surface area contributed by atoms with E-state index in [0.29, 0.717) is 0 Å². The van der Waals surface area contributed by atoms with E-state index in [9.17, 15) is 8.42 Å². The highest BCUT2D eigenvalue weighted by molar-refractivity contribution is 7.89. The Kier molecular flexibility index (Phi) is 4.05. The smallest absolute Gasteiger partial charge is 0.210 e. The van der Waals surface area contributed by atoms with Gasteiger partial charge in [0, 0.05) is 13.0 Å². The first kappa shape index (κ1) is 12.7. The fourth-order valence-electron chi connectivity index (χ4n) is 1.21. The van der Waals surface area contributed by atoms with E-state index < -0.39 is 10.0 Å². The van der Waals surface area contributed by atoms with Crippen LogP contribution in [0.15, 0.2) is 23.1 Å². The van der Waals surface area contributed by atoms with Crippen molar-refractivity contribution < 1.29 is 8.42 Å². The minimum atomic E-state index is -3.47. The van der Waals surface area contributed by atoms with Crippen LogP contribution in [0.2, 0.25) is 0 Å². The molecule has 1 aromatic rings. The van der Waals surface area contributed by atoms with E-state index in [1.165, 1.54) is 0 Å². The molecule has 0 radical (unpaired) electrons. The van der Waals surface area contributed by atoms with Crippen molar-refractivity contribution in [2.45, 2.75) is 25.2 Å². The van der Waals surface area contributed by atoms with E-state index in [4.69, 9.17) is 5.26 Å². The predicted molar refractivity (Wildman–Crippen MR) is 61.3 cm³/mol. The summed E-state index contributed by atoms with van der Waals surface area (Å²) in [6.45, 7) is 3.93. The molecule has 0 heterocycles. The van der Waals surface area contributed by atoms with Gasteiger partial charge in [0.15, 0.2) is 0 Å². The van der Waals surface area contributed by atoms with Crippen molar-refractivity contribution in [2.75, 3.05) is 6.54 Å².